The fourth-order valence-corrected chi connectivity index (χ4v) is 3.42. The molecule has 0 bridgehead atoms. The molecule has 0 radical (unpaired) electrons. The summed E-state index contributed by atoms with van der Waals surface area (Å²) in [5.74, 6) is 0.555. The first-order valence-corrected chi connectivity index (χ1v) is 8.69. The lowest BCUT2D eigenvalue weighted by molar-refractivity contribution is -0.129. The van der Waals surface area contributed by atoms with E-state index in [1.54, 1.807) is 7.11 Å². The Balaban J connectivity index is 1.76. The Morgan fingerprint density at radius 1 is 1.27 bits per heavy atom. The molecule has 136 valence electrons. The van der Waals surface area contributed by atoms with Crippen LogP contribution in [0.25, 0.3) is 0 Å². The highest BCUT2D eigenvalue weighted by atomic mass is 16.6. The second-order valence-electron chi connectivity index (χ2n) is 6.59. The second-order valence-corrected chi connectivity index (χ2v) is 6.59. The van der Waals surface area contributed by atoms with Gasteiger partial charge in [-0.1, -0.05) is 43.3 Å². The minimum Gasteiger partial charge on any atom is -0.497 e. The van der Waals surface area contributed by atoms with Crippen molar-refractivity contribution in [3.63, 3.8) is 0 Å². The normalized spacial score (nSPS) is 17.7. The van der Waals surface area contributed by atoms with Gasteiger partial charge in [0.05, 0.1) is 7.11 Å². The predicted octanol–water partition coefficient (Wildman–Crippen LogP) is 4.22. The highest BCUT2D eigenvalue weighted by Gasteiger charge is 2.39. The number of cyclic esters (lactones) is 1. The predicted molar refractivity (Wildman–Crippen MR) is 98.1 cm³/mol. The summed E-state index contributed by atoms with van der Waals surface area (Å²) in [7, 11) is 1.63. The number of carbonyl (C=O) groups is 2. The standard InChI is InChI=1S/C21H23NO4/c1-14-11-17(25-3)9-10-18(14)15(2)12-20(23)22-19(13-26-21(22)24)16-7-5-4-6-8-16/h4-11,15,19H,12-13H2,1-3H3/t15-,19+/m1/s1. The number of rotatable bonds is 5. The maximum absolute atomic E-state index is 12.9. The molecule has 0 unspecified atom stereocenters. The van der Waals surface area contributed by atoms with Crippen LogP contribution in [0.1, 0.15) is 42.0 Å². The van der Waals surface area contributed by atoms with Crippen LogP contribution in [-0.4, -0.2) is 30.6 Å². The molecule has 1 fully saturated rings. The van der Waals surface area contributed by atoms with Crippen LogP contribution in [0.2, 0.25) is 0 Å². The fourth-order valence-electron chi connectivity index (χ4n) is 3.42. The molecule has 1 heterocycles. The third kappa shape index (κ3) is 3.57. The molecule has 5 heteroatoms. The Labute approximate surface area is 153 Å². The van der Waals surface area contributed by atoms with Gasteiger partial charge in [0.25, 0.3) is 0 Å². The number of imide groups is 1. The molecule has 0 aromatic heterocycles. The van der Waals surface area contributed by atoms with Gasteiger partial charge in [0.1, 0.15) is 18.4 Å². The van der Waals surface area contributed by atoms with Gasteiger partial charge in [0.2, 0.25) is 5.91 Å². The average molecular weight is 353 g/mol. The summed E-state index contributed by atoms with van der Waals surface area (Å²) >= 11 is 0. The first-order chi connectivity index (χ1) is 12.5. The fraction of sp³-hybridized carbons (Fsp3) is 0.333. The Morgan fingerprint density at radius 3 is 2.65 bits per heavy atom. The van der Waals surface area contributed by atoms with Gasteiger partial charge < -0.3 is 9.47 Å². The summed E-state index contributed by atoms with van der Waals surface area (Å²) in [5, 5.41) is 0. The van der Waals surface area contributed by atoms with Crippen molar-refractivity contribution in [3.05, 3.63) is 65.2 Å². The highest BCUT2D eigenvalue weighted by molar-refractivity contribution is 5.94. The number of methoxy groups -OCH3 is 1. The SMILES string of the molecule is COc1ccc([C@H](C)CC(=O)N2C(=O)OC[C@H]2c2ccccc2)c(C)c1. The number of hydrogen-bond donors (Lipinski definition) is 0. The maximum Gasteiger partial charge on any atom is 0.417 e. The molecular weight excluding hydrogens is 330 g/mol. The largest absolute Gasteiger partial charge is 0.497 e. The molecule has 26 heavy (non-hydrogen) atoms. The van der Waals surface area contributed by atoms with E-state index in [1.165, 1.54) is 4.90 Å². The van der Waals surface area contributed by atoms with E-state index in [1.807, 2.05) is 62.4 Å². The van der Waals surface area contributed by atoms with Gasteiger partial charge in [0, 0.05) is 6.42 Å². The van der Waals surface area contributed by atoms with E-state index in [9.17, 15) is 9.59 Å². The number of nitrogens with zero attached hydrogens (tertiary/aromatic N) is 1. The number of hydrogen-bond acceptors (Lipinski definition) is 4. The Kier molecular flexibility index (Phi) is 5.26. The summed E-state index contributed by atoms with van der Waals surface area (Å²) < 4.78 is 10.4. The maximum atomic E-state index is 12.9. The monoisotopic (exact) mass is 353 g/mol. The van der Waals surface area contributed by atoms with Crippen LogP contribution >= 0.6 is 0 Å². The van der Waals surface area contributed by atoms with Crippen molar-refractivity contribution in [2.24, 2.45) is 0 Å². The number of amides is 2. The number of ether oxygens (including phenoxy) is 2. The van der Waals surface area contributed by atoms with Gasteiger partial charge in [-0.3, -0.25) is 4.79 Å². The smallest absolute Gasteiger partial charge is 0.417 e. The Bertz CT molecular complexity index is 803. The molecule has 2 aromatic carbocycles. The van der Waals surface area contributed by atoms with Crippen LogP contribution in [0.15, 0.2) is 48.5 Å². The van der Waals surface area contributed by atoms with E-state index in [-0.39, 0.29) is 30.9 Å². The van der Waals surface area contributed by atoms with Gasteiger partial charge in [-0.2, -0.15) is 0 Å². The molecule has 0 saturated carbocycles. The van der Waals surface area contributed by atoms with Crippen LogP contribution in [0.4, 0.5) is 4.79 Å². The molecule has 1 aliphatic heterocycles. The lowest BCUT2D eigenvalue weighted by atomic mass is 9.92. The molecule has 0 N–H and O–H groups in total. The van der Waals surface area contributed by atoms with Crippen LogP contribution in [0.5, 0.6) is 5.75 Å². The number of benzene rings is 2. The molecule has 0 spiro atoms. The summed E-state index contributed by atoms with van der Waals surface area (Å²) in [5.41, 5.74) is 3.04. The van der Waals surface area contributed by atoms with Crippen LogP contribution in [0.3, 0.4) is 0 Å². The summed E-state index contributed by atoms with van der Waals surface area (Å²) in [4.78, 5) is 26.2. The minimum absolute atomic E-state index is 0.0155. The lowest BCUT2D eigenvalue weighted by Gasteiger charge is -2.22. The van der Waals surface area contributed by atoms with E-state index in [4.69, 9.17) is 9.47 Å². The van der Waals surface area contributed by atoms with Crippen molar-refractivity contribution in [2.45, 2.75) is 32.2 Å². The molecule has 2 aromatic rings. The van der Waals surface area contributed by atoms with E-state index in [0.717, 1.165) is 22.4 Å². The number of carbonyl (C=O) groups excluding carboxylic acids is 2. The van der Waals surface area contributed by atoms with E-state index in [0.29, 0.717) is 0 Å². The van der Waals surface area contributed by atoms with Crippen LogP contribution in [0, 0.1) is 6.92 Å². The van der Waals surface area contributed by atoms with E-state index < -0.39 is 6.09 Å². The highest BCUT2D eigenvalue weighted by Crippen LogP contribution is 2.31. The van der Waals surface area contributed by atoms with Crippen molar-refractivity contribution >= 4 is 12.0 Å². The molecule has 3 rings (SSSR count). The minimum atomic E-state index is -0.567. The van der Waals surface area contributed by atoms with Gasteiger partial charge >= 0.3 is 6.09 Å². The Hall–Kier alpha value is -2.82. The molecule has 2 amide bonds. The summed E-state index contributed by atoms with van der Waals surface area (Å²) in [6.07, 6.45) is -0.325. The zero-order valence-corrected chi connectivity index (χ0v) is 15.3. The summed E-state index contributed by atoms with van der Waals surface area (Å²) in [6.45, 7) is 4.19. The molecular formula is C21H23NO4. The van der Waals surface area contributed by atoms with Crippen LogP contribution in [-0.2, 0) is 9.53 Å². The van der Waals surface area contributed by atoms with Gasteiger partial charge in [-0.15, -0.1) is 0 Å². The molecule has 1 saturated heterocycles. The van der Waals surface area contributed by atoms with E-state index >= 15 is 0 Å². The van der Waals surface area contributed by atoms with E-state index in [2.05, 4.69) is 0 Å². The van der Waals surface area contributed by atoms with Crippen molar-refractivity contribution in [1.82, 2.24) is 4.90 Å². The first-order valence-electron chi connectivity index (χ1n) is 8.69. The first kappa shape index (κ1) is 18.0. The number of aryl methyl sites for hydroxylation is 1. The van der Waals surface area contributed by atoms with Crippen molar-refractivity contribution in [2.75, 3.05) is 13.7 Å². The molecule has 5 nitrogen and oxygen atoms in total. The van der Waals surface area contributed by atoms with Crippen molar-refractivity contribution in [1.29, 1.82) is 0 Å². The van der Waals surface area contributed by atoms with Crippen molar-refractivity contribution < 1.29 is 19.1 Å². The topological polar surface area (TPSA) is 55.8 Å². The zero-order valence-electron chi connectivity index (χ0n) is 15.3. The third-order valence-corrected chi connectivity index (χ3v) is 4.81. The summed E-state index contributed by atoms with van der Waals surface area (Å²) in [6, 6.07) is 15.0. The average Bonchev–Trinajstić information content (AvgIpc) is 3.03. The van der Waals surface area contributed by atoms with Gasteiger partial charge in [-0.25, -0.2) is 9.69 Å². The molecule has 1 aliphatic rings. The zero-order chi connectivity index (χ0) is 18.7. The molecule has 0 aliphatic carbocycles. The third-order valence-electron chi connectivity index (χ3n) is 4.81. The second kappa shape index (κ2) is 7.60. The molecule has 2 atom stereocenters. The quantitative estimate of drug-likeness (QED) is 0.808. The Morgan fingerprint density at radius 2 is 2.00 bits per heavy atom. The van der Waals surface area contributed by atoms with Gasteiger partial charge in [0.15, 0.2) is 0 Å². The van der Waals surface area contributed by atoms with Crippen LogP contribution < -0.4 is 4.74 Å². The lowest BCUT2D eigenvalue weighted by Crippen LogP contribution is -2.34. The van der Waals surface area contributed by atoms with Gasteiger partial charge in [-0.05, 0) is 41.7 Å². The van der Waals surface area contributed by atoms with Crippen molar-refractivity contribution in [3.8, 4) is 5.75 Å².